The second-order valence-corrected chi connectivity index (χ2v) is 8.43. The van der Waals surface area contributed by atoms with Crippen LogP contribution < -0.4 is 9.80 Å². The summed E-state index contributed by atoms with van der Waals surface area (Å²) in [6, 6.07) is 12.9. The number of nitrogens with zero attached hydrogens (tertiary/aromatic N) is 4. The van der Waals surface area contributed by atoms with Gasteiger partial charge in [0.25, 0.3) is 0 Å². The van der Waals surface area contributed by atoms with E-state index in [0.717, 1.165) is 56.7 Å². The first-order valence-electron chi connectivity index (χ1n) is 10.9. The molecule has 1 aromatic heterocycles. The van der Waals surface area contributed by atoms with Crippen LogP contribution in [0.2, 0.25) is 0 Å². The van der Waals surface area contributed by atoms with Gasteiger partial charge >= 0.3 is 0 Å². The molecule has 1 spiro atoms. The smallest absolute Gasteiger partial charge is 0.227 e. The zero-order chi connectivity index (χ0) is 19.5. The van der Waals surface area contributed by atoms with Crippen molar-refractivity contribution in [3.63, 3.8) is 0 Å². The first-order valence-corrected chi connectivity index (χ1v) is 10.9. The van der Waals surface area contributed by atoms with Gasteiger partial charge in [0, 0.05) is 45.2 Å². The first-order chi connectivity index (χ1) is 14.3. The lowest BCUT2D eigenvalue weighted by molar-refractivity contribution is -0.169. The van der Waals surface area contributed by atoms with E-state index in [1.807, 2.05) is 6.20 Å². The molecule has 0 unspecified atom stereocenters. The molecule has 4 heterocycles. The zero-order valence-electron chi connectivity index (χ0n) is 17.0. The van der Waals surface area contributed by atoms with Gasteiger partial charge < -0.3 is 19.3 Å². The van der Waals surface area contributed by atoms with Crippen LogP contribution in [0, 0.1) is 5.92 Å². The van der Waals surface area contributed by atoms with Gasteiger partial charge in [-0.15, -0.1) is 0 Å². The Hall–Kier alpha value is -2.18. The number of rotatable bonds is 4. The minimum absolute atomic E-state index is 0.352. The van der Waals surface area contributed by atoms with E-state index < -0.39 is 0 Å². The van der Waals surface area contributed by atoms with Gasteiger partial charge in [-0.3, -0.25) is 0 Å². The van der Waals surface area contributed by atoms with Crippen LogP contribution in [0.25, 0.3) is 0 Å². The van der Waals surface area contributed by atoms with Gasteiger partial charge in [-0.2, -0.15) is 4.98 Å². The third-order valence-electron chi connectivity index (χ3n) is 6.56. The molecule has 1 aromatic carbocycles. The lowest BCUT2D eigenvalue weighted by Gasteiger charge is -2.38. The van der Waals surface area contributed by atoms with Gasteiger partial charge in [0.1, 0.15) is 5.82 Å². The lowest BCUT2D eigenvalue weighted by Crippen LogP contribution is -2.45. The van der Waals surface area contributed by atoms with Gasteiger partial charge in [0.05, 0.1) is 13.2 Å². The first kappa shape index (κ1) is 18.8. The number of ether oxygens (including phenoxy) is 2. The van der Waals surface area contributed by atoms with Gasteiger partial charge in [-0.05, 0) is 36.8 Å². The van der Waals surface area contributed by atoms with Crippen molar-refractivity contribution in [1.82, 2.24) is 9.97 Å². The molecule has 2 aromatic rings. The normalized spacial score (nSPS) is 22.3. The monoisotopic (exact) mass is 394 g/mol. The molecule has 3 aliphatic heterocycles. The van der Waals surface area contributed by atoms with E-state index in [1.165, 1.54) is 24.8 Å². The fraction of sp³-hybridized carbons (Fsp3) is 0.565. The largest absolute Gasteiger partial charge is 0.356 e. The Balaban J connectivity index is 1.18. The molecule has 6 nitrogen and oxygen atoms in total. The summed E-state index contributed by atoms with van der Waals surface area (Å²) >= 11 is 0. The highest BCUT2D eigenvalue weighted by Crippen LogP contribution is 2.33. The maximum Gasteiger partial charge on any atom is 0.227 e. The third kappa shape index (κ3) is 4.23. The number of benzene rings is 1. The number of anilines is 2. The predicted octanol–water partition coefficient (Wildman–Crippen LogP) is 3.28. The third-order valence-corrected chi connectivity index (χ3v) is 6.56. The van der Waals surface area contributed by atoms with E-state index in [-0.39, 0.29) is 5.79 Å². The standard InChI is InChI=1S/C23H30N4O2/c1-2-4-19(5-3-1)18-20-7-12-26(13-8-20)21-6-11-24-22(25-21)27-14-9-23(10-15-27)28-16-17-29-23/h1-6,11,20H,7-10,12-18H2. The molecule has 3 aliphatic rings. The molecule has 5 rings (SSSR count). The lowest BCUT2D eigenvalue weighted by atomic mass is 9.90. The Morgan fingerprint density at radius 2 is 1.62 bits per heavy atom. The van der Waals surface area contributed by atoms with Gasteiger partial charge in [-0.25, -0.2) is 4.98 Å². The highest BCUT2D eigenvalue weighted by atomic mass is 16.7. The average molecular weight is 395 g/mol. The molecule has 0 saturated carbocycles. The topological polar surface area (TPSA) is 50.7 Å². The summed E-state index contributed by atoms with van der Waals surface area (Å²) in [5.41, 5.74) is 1.45. The van der Waals surface area contributed by atoms with Crippen molar-refractivity contribution in [2.75, 3.05) is 49.2 Å². The van der Waals surface area contributed by atoms with Crippen LogP contribution in [0.15, 0.2) is 42.6 Å². The van der Waals surface area contributed by atoms with E-state index in [9.17, 15) is 0 Å². The molecule has 0 radical (unpaired) electrons. The molecule has 3 fully saturated rings. The molecular formula is C23H30N4O2. The number of hydrogen-bond donors (Lipinski definition) is 0. The van der Waals surface area contributed by atoms with Crippen molar-refractivity contribution in [2.45, 2.75) is 37.9 Å². The zero-order valence-corrected chi connectivity index (χ0v) is 17.0. The summed E-state index contributed by atoms with van der Waals surface area (Å²) in [6.45, 7) is 5.32. The number of piperidine rings is 2. The minimum atomic E-state index is -0.352. The molecular weight excluding hydrogens is 364 g/mol. The van der Waals surface area contributed by atoms with Crippen LogP contribution in [-0.2, 0) is 15.9 Å². The molecule has 0 bridgehead atoms. The Kier molecular flexibility index (Phi) is 5.38. The molecule has 0 atom stereocenters. The van der Waals surface area contributed by atoms with E-state index in [2.05, 4.69) is 51.2 Å². The summed E-state index contributed by atoms with van der Waals surface area (Å²) in [5.74, 6) is 2.30. The highest BCUT2D eigenvalue weighted by molar-refractivity contribution is 5.44. The van der Waals surface area contributed by atoms with Crippen LogP contribution in [0.1, 0.15) is 31.2 Å². The quantitative estimate of drug-likeness (QED) is 0.793. The molecule has 0 aliphatic carbocycles. The number of aromatic nitrogens is 2. The Morgan fingerprint density at radius 1 is 0.897 bits per heavy atom. The van der Waals surface area contributed by atoms with Gasteiger partial charge in [0.2, 0.25) is 5.95 Å². The van der Waals surface area contributed by atoms with Crippen LogP contribution in [0.3, 0.4) is 0 Å². The minimum Gasteiger partial charge on any atom is -0.356 e. The Morgan fingerprint density at radius 3 is 2.34 bits per heavy atom. The van der Waals surface area contributed by atoms with Crippen molar-refractivity contribution in [2.24, 2.45) is 5.92 Å². The van der Waals surface area contributed by atoms with E-state index >= 15 is 0 Å². The van der Waals surface area contributed by atoms with Crippen molar-refractivity contribution in [3.05, 3.63) is 48.2 Å². The van der Waals surface area contributed by atoms with Crippen LogP contribution in [-0.4, -0.2) is 55.1 Å². The fourth-order valence-corrected chi connectivity index (χ4v) is 4.81. The summed E-state index contributed by atoms with van der Waals surface area (Å²) < 4.78 is 11.7. The van der Waals surface area contributed by atoms with Crippen molar-refractivity contribution in [1.29, 1.82) is 0 Å². The molecule has 3 saturated heterocycles. The van der Waals surface area contributed by atoms with Crippen LogP contribution in [0.5, 0.6) is 0 Å². The van der Waals surface area contributed by atoms with E-state index in [1.54, 1.807) is 0 Å². The summed E-state index contributed by atoms with van der Waals surface area (Å²) in [4.78, 5) is 14.1. The van der Waals surface area contributed by atoms with Crippen molar-refractivity contribution in [3.8, 4) is 0 Å². The van der Waals surface area contributed by atoms with Gasteiger partial charge in [0.15, 0.2) is 5.79 Å². The van der Waals surface area contributed by atoms with Crippen LogP contribution in [0.4, 0.5) is 11.8 Å². The Bertz CT molecular complexity index is 792. The summed E-state index contributed by atoms with van der Waals surface area (Å²) in [7, 11) is 0. The SMILES string of the molecule is c1ccc(CC2CCN(c3ccnc(N4CCC5(CC4)OCCO5)n3)CC2)cc1. The second-order valence-electron chi connectivity index (χ2n) is 8.43. The fourth-order valence-electron chi connectivity index (χ4n) is 4.81. The predicted molar refractivity (Wildman–Crippen MR) is 113 cm³/mol. The number of hydrogen-bond acceptors (Lipinski definition) is 6. The van der Waals surface area contributed by atoms with Crippen molar-refractivity contribution >= 4 is 11.8 Å². The van der Waals surface area contributed by atoms with Crippen molar-refractivity contribution < 1.29 is 9.47 Å². The Labute approximate surface area is 172 Å². The maximum atomic E-state index is 5.84. The van der Waals surface area contributed by atoms with Gasteiger partial charge in [-0.1, -0.05) is 30.3 Å². The maximum absolute atomic E-state index is 5.84. The molecule has 6 heteroatoms. The second kappa shape index (κ2) is 8.28. The summed E-state index contributed by atoms with van der Waals surface area (Å²) in [6.07, 6.45) is 7.28. The molecule has 0 N–H and O–H groups in total. The highest BCUT2D eigenvalue weighted by Gasteiger charge is 2.40. The molecule has 0 amide bonds. The van der Waals surface area contributed by atoms with E-state index in [4.69, 9.17) is 14.5 Å². The summed E-state index contributed by atoms with van der Waals surface area (Å²) in [5, 5.41) is 0. The van der Waals surface area contributed by atoms with Crippen LogP contribution >= 0.6 is 0 Å². The molecule has 154 valence electrons. The average Bonchev–Trinajstić information content (AvgIpc) is 3.23. The van der Waals surface area contributed by atoms with E-state index in [0.29, 0.717) is 13.2 Å². The molecule has 29 heavy (non-hydrogen) atoms.